The lowest BCUT2D eigenvalue weighted by atomic mass is 9.98. The zero-order valence-corrected chi connectivity index (χ0v) is 17.4. The molecular weight excluding hydrogens is 358 g/mol. The van der Waals surface area contributed by atoms with Crippen molar-refractivity contribution in [2.45, 2.75) is 27.2 Å². The molecule has 149 valence electrons. The first-order valence-electron chi connectivity index (χ1n) is 10.1. The second-order valence-electron chi connectivity index (χ2n) is 7.42. The lowest BCUT2D eigenvalue weighted by Gasteiger charge is -2.11. The first kappa shape index (κ1) is 20.7. The van der Waals surface area contributed by atoms with Crippen LogP contribution in [0.5, 0.6) is 5.75 Å². The molecule has 0 aliphatic carbocycles. The van der Waals surface area contributed by atoms with E-state index in [0.29, 0.717) is 19.1 Å². The van der Waals surface area contributed by atoms with Crippen LogP contribution in [0.2, 0.25) is 0 Å². The van der Waals surface area contributed by atoms with Gasteiger partial charge in [-0.25, -0.2) is 0 Å². The van der Waals surface area contributed by atoms with Crippen molar-refractivity contribution in [1.29, 1.82) is 0 Å². The lowest BCUT2D eigenvalue weighted by Crippen LogP contribution is -2.09. The standard InChI is InChI=1S/C26H28NO2/c1-20(2)19-25(27-29-18-17-28-26-12-8-7-9-21(26)3)24-15-13-23(14-16-24)22-10-5-4-6-11-22/h4-8,10-16,20H,17-19H2,1-3H3/b27-25+. The summed E-state index contributed by atoms with van der Waals surface area (Å²) in [5.41, 5.74) is 5.46. The van der Waals surface area contributed by atoms with Crippen LogP contribution in [0.4, 0.5) is 0 Å². The Hall–Kier alpha value is -3.07. The van der Waals surface area contributed by atoms with Crippen molar-refractivity contribution in [3.8, 4) is 16.9 Å². The van der Waals surface area contributed by atoms with Gasteiger partial charge in [0.15, 0.2) is 6.61 Å². The third-order valence-electron chi connectivity index (χ3n) is 4.55. The van der Waals surface area contributed by atoms with Crippen molar-refractivity contribution in [2.75, 3.05) is 13.2 Å². The van der Waals surface area contributed by atoms with Gasteiger partial charge in [-0.2, -0.15) is 0 Å². The molecule has 0 saturated heterocycles. The first-order valence-corrected chi connectivity index (χ1v) is 10.1. The van der Waals surface area contributed by atoms with Crippen LogP contribution in [0.25, 0.3) is 11.1 Å². The fourth-order valence-corrected chi connectivity index (χ4v) is 3.05. The van der Waals surface area contributed by atoms with Gasteiger partial charge in [0.1, 0.15) is 12.4 Å². The molecule has 3 aromatic rings. The van der Waals surface area contributed by atoms with Gasteiger partial charge < -0.3 is 9.57 Å². The monoisotopic (exact) mass is 386 g/mol. The van der Waals surface area contributed by atoms with E-state index in [4.69, 9.17) is 9.57 Å². The van der Waals surface area contributed by atoms with Crippen LogP contribution in [0, 0.1) is 18.9 Å². The number of oxime groups is 1. The predicted molar refractivity (Wildman–Crippen MR) is 119 cm³/mol. The molecular formula is C26H28NO2. The van der Waals surface area contributed by atoms with Gasteiger partial charge in [0.25, 0.3) is 0 Å². The molecule has 3 rings (SSSR count). The molecule has 0 spiro atoms. The Labute approximate surface area is 174 Å². The number of ether oxygens (including phenoxy) is 1. The van der Waals surface area contributed by atoms with Gasteiger partial charge in [-0.1, -0.05) is 85.7 Å². The Morgan fingerprint density at radius 2 is 1.62 bits per heavy atom. The molecule has 0 N–H and O–H groups in total. The van der Waals surface area contributed by atoms with E-state index in [-0.39, 0.29) is 0 Å². The summed E-state index contributed by atoms with van der Waals surface area (Å²) in [6.45, 7) is 7.20. The minimum atomic E-state index is 0.401. The molecule has 3 aromatic carbocycles. The maximum absolute atomic E-state index is 5.74. The largest absolute Gasteiger partial charge is 0.490 e. The highest BCUT2D eigenvalue weighted by atomic mass is 16.6. The van der Waals surface area contributed by atoms with E-state index in [0.717, 1.165) is 29.0 Å². The fourth-order valence-electron chi connectivity index (χ4n) is 3.05. The SMILES string of the molecule is Cc1[c]cccc1OCCO/N=C(\CC(C)C)c1ccc(-c2ccccc2)cc1. The molecule has 1 radical (unpaired) electrons. The molecule has 0 aromatic heterocycles. The van der Waals surface area contributed by atoms with Crippen LogP contribution in [-0.2, 0) is 4.84 Å². The minimum absolute atomic E-state index is 0.401. The average molecular weight is 387 g/mol. The van der Waals surface area contributed by atoms with E-state index in [2.05, 4.69) is 73.6 Å². The van der Waals surface area contributed by atoms with Gasteiger partial charge in [0.2, 0.25) is 0 Å². The summed E-state index contributed by atoms with van der Waals surface area (Å²) in [5, 5.41) is 4.42. The summed E-state index contributed by atoms with van der Waals surface area (Å²) in [6.07, 6.45) is 0.859. The Morgan fingerprint density at radius 3 is 2.31 bits per heavy atom. The van der Waals surface area contributed by atoms with E-state index < -0.39 is 0 Å². The third kappa shape index (κ3) is 6.21. The second kappa shape index (κ2) is 10.5. The molecule has 0 fully saturated rings. The van der Waals surface area contributed by atoms with Crippen LogP contribution >= 0.6 is 0 Å². The molecule has 0 aliphatic rings. The average Bonchev–Trinajstić information content (AvgIpc) is 2.74. The second-order valence-corrected chi connectivity index (χ2v) is 7.42. The van der Waals surface area contributed by atoms with Crippen LogP contribution in [0.15, 0.2) is 78.0 Å². The van der Waals surface area contributed by atoms with E-state index in [1.165, 1.54) is 11.1 Å². The highest BCUT2D eigenvalue weighted by Crippen LogP contribution is 2.21. The highest BCUT2D eigenvalue weighted by molar-refractivity contribution is 6.00. The number of benzene rings is 3. The number of hydrogen-bond acceptors (Lipinski definition) is 3. The number of aryl methyl sites for hydroxylation is 1. The normalized spacial score (nSPS) is 11.5. The Bertz CT molecular complexity index is 915. The number of nitrogens with zero attached hydrogens (tertiary/aromatic N) is 1. The van der Waals surface area contributed by atoms with E-state index in [1.807, 2.05) is 31.2 Å². The van der Waals surface area contributed by atoms with Crippen molar-refractivity contribution < 1.29 is 9.57 Å². The van der Waals surface area contributed by atoms with Crippen LogP contribution in [0.3, 0.4) is 0 Å². The Balaban J connectivity index is 1.62. The highest BCUT2D eigenvalue weighted by Gasteiger charge is 2.08. The number of hydrogen-bond donors (Lipinski definition) is 0. The van der Waals surface area contributed by atoms with Gasteiger partial charge >= 0.3 is 0 Å². The molecule has 0 heterocycles. The van der Waals surface area contributed by atoms with Crippen LogP contribution < -0.4 is 4.74 Å². The molecule has 0 amide bonds. The van der Waals surface area contributed by atoms with Gasteiger partial charge in [0.05, 0.1) is 5.71 Å². The van der Waals surface area contributed by atoms with Gasteiger partial charge in [-0.3, -0.25) is 0 Å². The molecule has 0 atom stereocenters. The maximum atomic E-state index is 5.74. The quantitative estimate of drug-likeness (QED) is 0.245. The van der Waals surface area contributed by atoms with Crippen LogP contribution in [-0.4, -0.2) is 18.9 Å². The van der Waals surface area contributed by atoms with Crippen molar-refractivity contribution in [2.24, 2.45) is 11.1 Å². The summed E-state index contributed by atoms with van der Waals surface area (Å²) in [4.78, 5) is 5.58. The van der Waals surface area contributed by atoms with Gasteiger partial charge in [0, 0.05) is 0 Å². The Kier molecular flexibility index (Phi) is 7.46. The van der Waals surface area contributed by atoms with Crippen molar-refractivity contribution >= 4 is 5.71 Å². The summed E-state index contributed by atoms with van der Waals surface area (Å²) in [6, 6.07) is 27.7. The van der Waals surface area contributed by atoms with Crippen LogP contribution in [0.1, 0.15) is 31.4 Å². The fraction of sp³-hybridized carbons (Fsp3) is 0.269. The smallest absolute Gasteiger partial charge is 0.151 e. The molecule has 0 unspecified atom stereocenters. The Morgan fingerprint density at radius 1 is 0.897 bits per heavy atom. The summed E-state index contributed by atoms with van der Waals surface area (Å²) in [5.74, 6) is 1.32. The maximum Gasteiger partial charge on any atom is 0.151 e. The molecule has 3 heteroatoms. The molecule has 0 aliphatic heterocycles. The zero-order valence-electron chi connectivity index (χ0n) is 17.4. The topological polar surface area (TPSA) is 30.8 Å². The van der Waals surface area contributed by atoms with E-state index >= 15 is 0 Å². The van der Waals surface area contributed by atoms with Crippen molar-refractivity contribution in [1.82, 2.24) is 0 Å². The van der Waals surface area contributed by atoms with Gasteiger partial charge in [-0.05, 0) is 53.6 Å². The zero-order chi connectivity index (χ0) is 20.5. The lowest BCUT2D eigenvalue weighted by molar-refractivity contribution is 0.106. The summed E-state index contributed by atoms with van der Waals surface area (Å²) >= 11 is 0. The van der Waals surface area contributed by atoms with Crippen molar-refractivity contribution in [3.05, 3.63) is 90.0 Å². The predicted octanol–water partition coefficient (Wildman–Crippen LogP) is 6.31. The molecule has 29 heavy (non-hydrogen) atoms. The summed E-state index contributed by atoms with van der Waals surface area (Å²) in [7, 11) is 0. The molecule has 0 bridgehead atoms. The van der Waals surface area contributed by atoms with E-state index in [9.17, 15) is 0 Å². The van der Waals surface area contributed by atoms with Gasteiger partial charge in [-0.15, -0.1) is 0 Å². The molecule has 3 nitrogen and oxygen atoms in total. The third-order valence-corrected chi connectivity index (χ3v) is 4.55. The minimum Gasteiger partial charge on any atom is -0.490 e. The number of rotatable bonds is 9. The first-order chi connectivity index (χ1) is 14.1. The van der Waals surface area contributed by atoms with E-state index in [1.54, 1.807) is 0 Å². The van der Waals surface area contributed by atoms with Crippen molar-refractivity contribution in [3.63, 3.8) is 0 Å². The molecule has 0 saturated carbocycles. The summed E-state index contributed by atoms with van der Waals surface area (Å²) < 4.78 is 5.74.